The predicted octanol–water partition coefficient (Wildman–Crippen LogP) is 2.71. The number of likely N-dealkylation sites (tertiary alicyclic amines) is 2. The van der Waals surface area contributed by atoms with E-state index in [-0.39, 0.29) is 6.03 Å². The molecule has 2 fully saturated rings. The van der Waals surface area contributed by atoms with Gasteiger partial charge in [-0.3, -0.25) is 0 Å². The summed E-state index contributed by atoms with van der Waals surface area (Å²) in [5.74, 6) is 0.880. The molecule has 2 aliphatic heterocycles. The SMILES string of the molecule is Cn1c(Br)c(C2CCN(C(=O)N3CCCC3)CC2)c2c(N)ncnc21. The number of piperidine rings is 1. The Morgan fingerprint density at radius 2 is 1.80 bits per heavy atom. The van der Waals surface area contributed by atoms with Gasteiger partial charge in [-0.2, -0.15) is 0 Å². The highest BCUT2D eigenvalue weighted by atomic mass is 79.9. The number of aromatic nitrogens is 3. The number of nitrogens with two attached hydrogens (primary N) is 1. The highest BCUT2D eigenvalue weighted by Gasteiger charge is 2.31. The molecule has 2 amide bonds. The van der Waals surface area contributed by atoms with E-state index >= 15 is 0 Å². The number of fused-ring (bicyclic) bond motifs is 1. The Hall–Kier alpha value is -1.83. The Bertz CT molecular complexity index is 805. The zero-order chi connectivity index (χ0) is 17.6. The summed E-state index contributed by atoms with van der Waals surface area (Å²) >= 11 is 3.71. The molecule has 0 spiro atoms. The lowest BCUT2D eigenvalue weighted by Gasteiger charge is -2.34. The van der Waals surface area contributed by atoms with E-state index in [1.807, 2.05) is 21.4 Å². The lowest BCUT2D eigenvalue weighted by atomic mass is 9.89. The summed E-state index contributed by atoms with van der Waals surface area (Å²) in [6.45, 7) is 3.38. The van der Waals surface area contributed by atoms with Crippen molar-refractivity contribution >= 4 is 38.8 Å². The first-order valence-corrected chi connectivity index (χ1v) is 9.65. The van der Waals surface area contributed by atoms with Crippen LogP contribution >= 0.6 is 15.9 Å². The van der Waals surface area contributed by atoms with Crippen molar-refractivity contribution in [3.63, 3.8) is 0 Å². The van der Waals surface area contributed by atoms with Gasteiger partial charge in [0.05, 0.1) is 9.99 Å². The van der Waals surface area contributed by atoms with Crippen molar-refractivity contribution in [2.45, 2.75) is 31.6 Å². The minimum Gasteiger partial charge on any atom is -0.383 e. The fourth-order valence-corrected chi connectivity index (χ4v) is 4.81. The lowest BCUT2D eigenvalue weighted by molar-refractivity contribution is 0.148. The molecule has 2 aromatic rings. The molecule has 2 saturated heterocycles. The molecule has 0 atom stereocenters. The van der Waals surface area contributed by atoms with Gasteiger partial charge in [-0.25, -0.2) is 14.8 Å². The largest absolute Gasteiger partial charge is 0.383 e. The second-order valence-corrected chi connectivity index (χ2v) is 7.71. The fourth-order valence-electron chi connectivity index (χ4n) is 4.12. The second kappa shape index (κ2) is 6.48. The maximum absolute atomic E-state index is 12.6. The van der Waals surface area contributed by atoms with E-state index in [0.717, 1.165) is 67.5 Å². The highest BCUT2D eigenvalue weighted by Crippen LogP contribution is 2.40. The van der Waals surface area contributed by atoms with Crippen molar-refractivity contribution in [3.05, 3.63) is 16.5 Å². The predicted molar refractivity (Wildman–Crippen MR) is 100 cm³/mol. The van der Waals surface area contributed by atoms with E-state index in [1.165, 1.54) is 11.9 Å². The van der Waals surface area contributed by atoms with E-state index in [9.17, 15) is 4.79 Å². The summed E-state index contributed by atoms with van der Waals surface area (Å²) in [5, 5.41) is 0.946. The van der Waals surface area contributed by atoms with Gasteiger partial charge in [0, 0.05) is 38.8 Å². The molecule has 4 rings (SSSR count). The van der Waals surface area contributed by atoms with Crippen LogP contribution in [0.15, 0.2) is 10.9 Å². The molecule has 2 aromatic heterocycles. The minimum absolute atomic E-state index is 0.204. The number of hydrogen-bond acceptors (Lipinski definition) is 4. The van der Waals surface area contributed by atoms with Crippen LogP contribution in [0.3, 0.4) is 0 Å². The molecule has 0 aromatic carbocycles. The summed E-state index contributed by atoms with van der Waals surface area (Å²) in [7, 11) is 1.98. The monoisotopic (exact) mass is 406 g/mol. The van der Waals surface area contributed by atoms with Crippen LogP contribution in [-0.2, 0) is 7.05 Å². The van der Waals surface area contributed by atoms with Crippen molar-refractivity contribution in [2.75, 3.05) is 31.9 Å². The van der Waals surface area contributed by atoms with Gasteiger partial charge >= 0.3 is 6.03 Å². The third kappa shape index (κ3) is 2.76. The number of halogens is 1. The van der Waals surface area contributed by atoms with Crippen LogP contribution < -0.4 is 5.73 Å². The molecule has 0 saturated carbocycles. The third-order valence-corrected chi connectivity index (χ3v) is 6.47. The summed E-state index contributed by atoms with van der Waals surface area (Å²) in [6, 6.07) is 0.204. The number of carbonyl (C=O) groups is 1. The van der Waals surface area contributed by atoms with Crippen molar-refractivity contribution in [1.29, 1.82) is 0 Å². The van der Waals surface area contributed by atoms with Crippen LogP contribution in [0.5, 0.6) is 0 Å². The molecule has 8 heteroatoms. The minimum atomic E-state index is 0.204. The molecule has 0 bridgehead atoms. The van der Waals surface area contributed by atoms with E-state index in [2.05, 4.69) is 25.9 Å². The summed E-state index contributed by atoms with van der Waals surface area (Å²) in [4.78, 5) is 25.1. The topological polar surface area (TPSA) is 80.3 Å². The number of rotatable bonds is 1. The summed E-state index contributed by atoms with van der Waals surface area (Å²) in [5.41, 5.74) is 8.18. The first-order chi connectivity index (χ1) is 12.1. The number of hydrogen-bond donors (Lipinski definition) is 1. The Kier molecular flexibility index (Phi) is 4.31. The molecule has 2 N–H and O–H groups in total. The fraction of sp³-hybridized carbons (Fsp3) is 0.588. The maximum atomic E-state index is 12.6. The van der Waals surface area contributed by atoms with Gasteiger partial charge in [0.25, 0.3) is 0 Å². The molecule has 25 heavy (non-hydrogen) atoms. The van der Waals surface area contributed by atoms with Gasteiger partial charge in [0.15, 0.2) is 0 Å². The molecular weight excluding hydrogens is 384 g/mol. The van der Waals surface area contributed by atoms with E-state index in [4.69, 9.17) is 5.73 Å². The van der Waals surface area contributed by atoms with E-state index in [0.29, 0.717) is 11.7 Å². The van der Waals surface area contributed by atoms with Crippen LogP contribution in [0, 0.1) is 0 Å². The number of amides is 2. The third-order valence-electron chi connectivity index (χ3n) is 5.51. The molecule has 134 valence electrons. The van der Waals surface area contributed by atoms with E-state index < -0.39 is 0 Å². The Morgan fingerprint density at radius 1 is 1.16 bits per heavy atom. The number of anilines is 1. The average Bonchev–Trinajstić information content (AvgIpc) is 3.24. The smallest absolute Gasteiger partial charge is 0.319 e. The van der Waals surface area contributed by atoms with Crippen LogP contribution in [0.25, 0.3) is 11.0 Å². The van der Waals surface area contributed by atoms with Crippen molar-refractivity contribution in [3.8, 4) is 0 Å². The average molecular weight is 407 g/mol. The number of carbonyl (C=O) groups excluding carboxylic acids is 1. The molecule has 0 unspecified atom stereocenters. The summed E-state index contributed by atoms with van der Waals surface area (Å²) < 4.78 is 3.03. The standard InChI is InChI=1S/C17H23BrN6O/c1-22-14(18)12(13-15(19)20-10-21-16(13)22)11-4-8-24(9-5-11)17(25)23-6-2-3-7-23/h10-11H,2-9H2,1H3,(H2,19,20,21). The summed E-state index contributed by atoms with van der Waals surface area (Å²) in [6.07, 6.45) is 5.64. The van der Waals surface area contributed by atoms with Crippen molar-refractivity contribution in [2.24, 2.45) is 7.05 Å². The van der Waals surface area contributed by atoms with Crippen molar-refractivity contribution in [1.82, 2.24) is 24.3 Å². The lowest BCUT2D eigenvalue weighted by Crippen LogP contribution is -2.45. The first-order valence-electron chi connectivity index (χ1n) is 8.86. The molecule has 7 nitrogen and oxygen atoms in total. The van der Waals surface area contributed by atoms with Crippen LogP contribution in [0.1, 0.15) is 37.2 Å². The number of aryl methyl sites for hydroxylation is 1. The van der Waals surface area contributed by atoms with E-state index in [1.54, 1.807) is 0 Å². The zero-order valence-corrected chi connectivity index (χ0v) is 16.0. The number of nitrogens with zero attached hydrogens (tertiary/aromatic N) is 5. The first kappa shape index (κ1) is 16.6. The Balaban J connectivity index is 1.56. The second-order valence-electron chi connectivity index (χ2n) is 6.96. The molecule has 4 heterocycles. The normalized spacial score (nSPS) is 19.1. The maximum Gasteiger partial charge on any atom is 0.319 e. The number of nitrogen functional groups attached to an aromatic ring is 1. The number of urea groups is 1. The van der Waals surface area contributed by atoms with Crippen LogP contribution in [0.4, 0.5) is 10.6 Å². The van der Waals surface area contributed by atoms with Gasteiger partial charge in [0.2, 0.25) is 0 Å². The quantitative estimate of drug-likeness (QED) is 0.789. The molecule has 0 radical (unpaired) electrons. The van der Waals surface area contributed by atoms with Crippen LogP contribution in [0.2, 0.25) is 0 Å². The molecule has 0 aliphatic carbocycles. The van der Waals surface area contributed by atoms with Gasteiger partial charge in [-0.15, -0.1) is 0 Å². The highest BCUT2D eigenvalue weighted by molar-refractivity contribution is 9.10. The Labute approximate surface area is 155 Å². The zero-order valence-electron chi connectivity index (χ0n) is 14.4. The van der Waals surface area contributed by atoms with Gasteiger partial charge < -0.3 is 20.1 Å². The van der Waals surface area contributed by atoms with Crippen molar-refractivity contribution < 1.29 is 4.79 Å². The molecule has 2 aliphatic rings. The molecular formula is C17H23BrN6O. The van der Waals surface area contributed by atoms with Crippen LogP contribution in [-0.4, -0.2) is 56.5 Å². The Morgan fingerprint density at radius 3 is 2.48 bits per heavy atom. The van der Waals surface area contributed by atoms with Gasteiger partial charge in [-0.05, 0) is 47.5 Å². The van der Waals surface area contributed by atoms with Gasteiger partial charge in [0.1, 0.15) is 17.8 Å². The van der Waals surface area contributed by atoms with Gasteiger partial charge in [-0.1, -0.05) is 0 Å².